The molecule has 22 heavy (non-hydrogen) atoms. The van der Waals surface area contributed by atoms with Crippen molar-refractivity contribution >= 4 is 11.8 Å². The Morgan fingerprint density at radius 3 is 2.32 bits per heavy atom. The van der Waals surface area contributed by atoms with E-state index < -0.39 is 5.60 Å². The second-order valence-electron chi connectivity index (χ2n) is 6.01. The maximum atomic E-state index is 11.9. The summed E-state index contributed by atoms with van der Waals surface area (Å²) in [5, 5.41) is 10.3. The van der Waals surface area contributed by atoms with Crippen LogP contribution in [0.3, 0.4) is 0 Å². The lowest BCUT2D eigenvalue weighted by Crippen LogP contribution is -2.45. The summed E-state index contributed by atoms with van der Waals surface area (Å²) in [6, 6.07) is 7.24. The van der Waals surface area contributed by atoms with Gasteiger partial charge in [-0.05, 0) is 37.0 Å². The number of aryl methyl sites for hydroxylation is 1. The highest BCUT2D eigenvalue weighted by molar-refractivity contribution is 5.95. The van der Waals surface area contributed by atoms with Gasteiger partial charge in [0, 0.05) is 5.56 Å². The second kappa shape index (κ2) is 7.40. The number of aliphatic hydroxyl groups is 1. The monoisotopic (exact) mass is 304 g/mol. The standard InChI is InChI=1S/C17H24N2O3/c1-2-13-6-8-14(9-7-13)16(21)19-18-15(20)12-17(22)10-4-3-5-11-17/h6-9,22H,2-5,10-12H2,1H3,(H,18,20)(H,19,21). The van der Waals surface area contributed by atoms with Gasteiger partial charge in [0.25, 0.3) is 5.91 Å². The minimum Gasteiger partial charge on any atom is -0.389 e. The van der Waals surface area contributed by atoms with Gasteiger partial charge in [-0.1, -0.05) is 38.3 Å². The third kappa shape index (κ3) is 4.56. The average Bonchev–Trinajstić information content (AvgIpc) is 2.53. The van der Waals surface area contributed by atoms with E-state index in [1.807, 2.05) is 19.1 Å². The van der Waals surface area contributed by atoms with Crippen molar-refractivity contribution in [2.75, 3.05) is 0 Å². The van der Waals surface area contributed by atoms with Crippen LogP contribution >= 0.6 is 0 Å². The van der Waals surface area contributed by atoms with Gasteiger partial charge in [0.2, 0.25) is 5.91 Å². The van der Waals surface area contributed by atoms with Crippen molar-refractivity contribution in [2.24, 2.45) is 0 Å². The number of carbonyl (C=O) groups is 2. The van der Waals surface area contributed by atoms with Crippen LogP contribution in [0.25, 0.3) is 0 Å². The van der Waals surface area contributed by atoms with Crippen LogP contribution in [0.1, 0.15) is 61.4 Å². The first-order chi connectivity index (χ1) is 10.5. The summed E-state index contributed by atoms with van der Waals surface area (Å²) in [5.74, 6) is -0.713. The Morgan fingerprint density at radius 1 is 1.09 bits per heavy atom. The van der Waals surface area contributed by atoms with E-state index in [0.717, 1.165) is 31.2 Å². The first-order valence-corrected chi connectivity index (χ1v) is 7.93. The van der Waals surface area contributed by atoms with Crippen molar-refractivity contribution in [1.29, 1.82) is 0 Å². The Bertz CT molecular complexity index is 519. The van der Waals surface area contributed by atoms with Gasteiger partial charge >= 0.3 is 0 Å². The van der Waals surface area contributed by atoms with Crippen molar-refractivity contribution in [2.45, 2.75) is 57.5 Å². The molecule has 0 atom stereocenters. The molecule has 0 bridgehead atoms. The van der Waals surface area contributed by atoms with Crippen molar-refractivity contribution in [3.8, 4) is 0 Å². The van der Waals surface area contributed by atoms with Crippen molar-refractivity contribution in [3.05, 3.63) is 35.4 Å². The smallest absolute Gasteiger partial charge is 0.269 e. The zero-order valence-corrected chi connectivity index (χ0v) is 13.0. The van der Waals surface area contributed by atoms with E-state index in [9.17, 15) is 14.7 Å². The molecule has 5 nitrogen and oxygen atoms in total. The summed E-state index contributed by atoms with van der Waals surface area (Å²) in [6.45, 7) is 2.05. The zero-order chi connectivity index (χ0) is 16.0. The Morgan fingerprint density at radius 2 is 1.73 bits per heavy atom. The molecule has 1 aromatic carbocycles. The van der Waals surface area contributed by atoms with Crippen molar-refractivity contribution < 1.29 is 14.7 Å². The molecule has 0 radical (unpaired) electrons. The minimum absolute atomic E-state index is 0.0298. The molecule has 0 spiro atoms. The van der Waals surface area contributed by atoms with E-state index >= 15 is 0 Å². The molecule has 5 heteroatoms. The highest BCUT2D eigenvalue weighted by Crippen LogP contribution is 2.30. The molecule has 0 aliphatic heterocycles. The average molecular weight is 304 g/mol. The molecule has 0 saturated heterocycles. The molecular weight excluding hydrogens is 280 g/mol. The molecule has 120 valence electrons. The summed E-state index contributed by atoms with van der Waals surface area (Å²) in [7, 11) is 0. The summed E-state index contributed by atoms with van der Waals surface area (Å²) in [4.78, 5) is 23.8. The van der Waals surface area contributed by atoms with Crippen LogP contribution in [0.4, 0.5) is 0 Å². The number of rotatable bonds is 4. The topological polar surface area (TPSA) is 78.4 Å². The third-order valence-corrected chi connectivity index (χ3v) is 4.21. The van der Waals surface area contributed by atoms with Crippen LogP contribution in [0.2, 0.25) is 0 Å². The van der Waals surface area contributed by atoms with Gasteiger partial charge in [-0.3, -0.25) is 20.4 Å². The minimum atomic E-state index is -0.921. The van der Waals surface area contributed by atoms with Gasteiger partial charge in [-0.25, -0.2) is 0 Å². The number of carbonyl (C=O) groups excluding carboxylic acids is 2. The molecule has 2 amide bonds. The quantitative estimate of drug-likeness (QED) is 0.745. The fraction of sp³-hybridized carbons (Fsp3) is 0.529. The van der Waals surface area contributed by atoms with Gasteiger partial charge in [0.15, 0.2) is 0 Å². The maximum Gasteiger partial charge on any atom is 0.269 e. The van der Waals surface area contributed by atoms with E-state index in [0.29, 0.717) is 18.4 Å². The number of hydrazine groups is 1. The summed E-state index contributed by atoms with van der Waals surface area (Å²) < 4.78 is 0. The van der Waals surface area contributed by atoms with Crippen LogP contribution in [0.15, 0.2) is 24.3 Å². The third-order valence-electron chi connectivity index (χ3n) is 4.21. The molecule has 2 rings (SSSR count). The van der Waals surface area contributed by atoms with E-state index in [-0.39, 0.29) is 18.2 Å². The number of amides is 2. The number of nitrogens with one attached hydrogen (secondary N) is 2. The predicted octanol–water partition coefficient (Wildman–Crippen LogP) is 2.10. The van der Waals surface area contributed by atoms with Gasteiger partial charge in [0.05, 0.1) is 12.0 Å². The largest absolute Gasteiger partial charge is 0.389 e. The van der Waals surface area contributed by atoms with Crippen LogP contribution in [0.5, 0.6) is 0 Å². The summed E-state index contributed by atoms with van der Waals surface area (Å²) in [5.41, 5.74) is 5.50. The number of benzene rings is 1. The van der Waals surface area contributed by atoms with Crippen LogP contribution in [-0.2, 0) is 11.2 Å². The van der Waals surface area contributed by atoms with E-state index in [2.05, 4.69) is 10.9 Å². The molecular formula is C17H24N2O3. The van der Waals surface area contributed by atoms with Crippen LogP contribution in [0, 0.1) is 0 Å². The van der Waals surface area contributed by atoms with E-state index in [4.69, 9.17) is 0 Å². The molecule has 1 aliphatic carbocycles. The highest BCUT2D eigenvalue weighted by Gasteiger charge is 2.31. The van der Waals surface area contributed by atoms with Gasteiger partial charge in [-0.2, -0.15) is 0 Å². The van der Waals surface area contributed by atoms with Crippen LogP contribution < -0.4 is 10.9 Å². The molecule has 0 heterocycles. The summed E-state index contributed by atoms with van der Waals surface area (Å²) >= 11 is 0. The first kappa shape index (κ1) is 16.5. The van der Waals surface area contributed by atoms with Gasteiger partial charge in [0.1, 0.15) is 0 Å². The molecule has 1 aliphatic rings. The molecule has 0 unspecified atom stereocenters. The molecule has 3 N–H and O–H groups in total. The van der Waals surface area contributed by atoms with Crippen LogP contribution in [-0.4, -0.2) is 22.5 Å². The first-order valence-electron chi connectivity index (χ1n) is 7.93. The van der Waals surface area contributed by atoms with Crippen molar-refractivity contribution in [1.82, 2.24) is 10.9 Å². The van der Waals surface area contributed by atoms with Gasteiger partial charge in [-0.15, -0.1) is 0 Å². The molecule has 0 aromatic heterocycles. The Labute approximate surface area is 131 Å². The Kier molecular flexibility index (Phi) is 5.55. The SMILES string of the molecule is CCc1ccc(C(=O)NNC(=O)CC2(O)CCCCC2)cc1. The molecule has 1 fully saturated rings. The van der Waals surface area contributed by atoms with Crippen molar-refractivity contribution in [3.63, 3.8) is 0 Å². The summed E-state index contributed by atoms with van der Waals surface area (Å²) in [6.07, 6.45) is 5.23. The van der Waals surface area contributed by atoms with E-state index in [1.54, 1.807) is 12.1 Å². The number of hydrogen-bond acceptors (Lipinski definition) is 3. The highest BCUT2D eigenvalue weighted by atomic mass is 16.3. The maximum absolute atomic E-state index is 11.9. The molecule has 1 saturated carbocycles. The van der Waals surface area contributed by atoms with E-state index in [1.165, 1.54) is 0 Å². The Balaban J connectivity index is 1.81. The number of hydrogen-bond donors (Lipinski definition) is 3. The lowest BCUT2D eigenvalue weighted by atomic mass is 9.82. The Hall–Kier alpha value is -1.88. The predicted molar refractivity (Wildman–Crippen MR) is 84.1 cm³/mol. The fourth-order valence-electron chi connectivity index (χ4n) is 2.82. The normalized spacial score (nSPS) is 16.8. The van der Waals surface area contributed by atoms with Gasteiger partial charge < -0.3 is 5.11 Å². The zero-order valence-electron chi connectivity index (χ0n) is 13.0. The molecule has 1 aromatic rings. The lowest BCUT2D eigenvalue weighted by Gasteiger charge is -2.31. The lowest BCUT2D eigenvalue weighted by molar-refractivity contribution is -0.128. The fourth-order valence-corrected chi connectivity index (χ4v) is 2.82. The second-order valence-corrected chi connectivity index (χ2v) is 6.01.